The molecule has 0 radical (unpaired) electrons. The minimum absolute atomic E-state index is 0.0821. The average Bonchev–Trinajstić information content (AvgIpc) is 2.41. The van der Waals surface area contributed by atoms with Crippen LogP contribution in [-0.2, 0) is 10.0 Å². The fourth-order valence-corrected chi connectivity index (χ4v) is 2.84. The molecule has 5 nitrogen and oxygen atoms in total. The second-order valence-electron chi connectivity index (χ2n) is 4.38. The Labute approximate surface area is 121 Å². The molecule has 0 aliphatic heterocycles. The van der Waals surface area contributed by atoms with Gasteiger partial charge in [-0.25, -0.2) is 12.8 Å². The summed E-state index contributed by atoms with van der Waals surface area (Å²) in [4.78, 5) is 10.6. The highest BCUT2D eigenvalue weighted by molar-refractivity contribution is 7.92. The summed E-state index contributed by atoms with van der Waals surface area (Å²) in [6.07, 6.45) is 0. The summed E-state index contributed by atoms with van der Waals surface area (Å²) in [5.74, 6) is -1.92. The van der Waals surface area contributed by atoms with Crippen LogP contribution in [-0.4, -0.2) is 14.4 Å². The van der Waals surface area contributed by atoms with Crippen LogP contribution in [0.3, 0.4) is 0 Å². The van der Waals surface area contributed by atoms with Gasteiger partial charge in [0.2, 0.25) is 0 Å². The standard InChI is InChI=1S/C14H12FNO4S/c1-9-7-12(5-6-13(9)15)21(19,20)16-11-4-2-3-10(8-11)14(17)18/h2-8,16H,1H3,(H,17,18)/p-1. The number of hydrogen-bond acceptors (Lipinski definition) is 4. The van der Waals surface area contributed by atoms with Crippen molar-refractivity contribution in [3.63, 3.8) is 0 Å². The number of nitrogens with one attached hydrogen (secondary N) is 1. The summed E-state index contributed by atoms with van der Waals surface area (Å²) in [7, 11) is -3.93. The fraction of sp³-hybridized carbons (Fsp3) is 0.0714. The molecule has 2 aromatic carbocycles. The zero-order valence-electron chi connectivity index (χ0n) is 11.0. The minimum Gasteiger partial charge on any atom is -0.545 e. The smallest absolute Gasteiger partial charge is 0.261 e. The van der Waals surface area contributed by atoms with Gasteiger partial charge in [0.05, 0.1) is 10.9 Å². The topological polar surface area (TPSA) is 86.3 Å². The van der Waals surface area contributed by atoms with E-state index in [2.05, 4.69) is 4.72 Å². The second-order valence-corrected chi connectivity index (χ2v) is 6.07. The molecule has 0 heterocycles. The summed E-state index contributed by atoms with van der Waals surface area (Å²) >= 11 is 0. The second kappa shape index (κ2) is 5.53. The van der Waals surface area contributed by atoms with Crippen LogP contribution in [0, 0.1) is 12.7 Å². The van der Waals surface area contributed by atoms with Crippen LogP contribution in [0.4, 0.5) is 10.1 Å². The number of rotatable bonds is 4. The third-order valence-electron chi connectivity index (χ3n) is 2.79. The van der Waals surface area contributed by atoms with Gasteiger partial charge in [0.25, 0.3) is 10.0 Å². The van der Waals surface area contributed by atoms with Gasteiger partial charge in [-0.3, -0.25) is 4.72 Å². The number of carboxylic acid groups (broad SMARTS) is 1. The Hall–Kier alpha value is -2.41. The molecule has 0 unspecified atom stereocenters. The Morgan fingerprint density at radius 1 is 1.19 bits per heavy atom. The van der Waals surface area contributed by atoms with E-state index < -0.39 is 21.8 Å². The number of carbonyl (C=O) groups is 1. The Morgan fingerprint density at radius 2 is 1.90 bits per heavy atom. The van der Waals surface area contributed by atoms with Crippen LogP contribution in [0.1, 0.15) is 15.9 Å². The lowest BCUT2D eigenvalue weighted by atomic mass is 10.2. The third kappa shape index (κ3) is 3.38. The molecule has 0 bridgehead atoms. The predicted octanol–water partition coefficient (Wildman–Crippen LogP) is 1.30. The van der Waals surface area contributed by atoms with Gasteiger partial charge in [-0.15, -0.1) is 0 Å². The lowest BCUT2D eigenvalue weighted by Gasteiger charge is -2.10. The van der Waals surface area contributed by atoms with Gasteiger partial charge in [0, 0.05) is 5.69 Å². The summed E-state index contributed by atoms with van der Waals surface area (Å²) in [5, 5.41) is 10.7. The van der Waals surface area contributed by atoms with Gasteiger partial charge in [0.15, 0.2) is 0 Å². The molecule has 1 N–H and O–H groups in total. The molecule has 7 heteroatoms. The van der Waals surface area contributed by atoms with Crippen LogP contribution < -0.4 is 9.83 Å². The molecule has 0 aromatic heterocycles. The van der Waals surface area contributed by atoms with Gasteiger partial charge in [-0.05, 0) is 48.4 Å². The maximum Gasteiger partial charge on any atom is 0.261 e. The van der Waals surface area contributed by atoms with Crippen molar-refractivity contribution in [1.82, 2.24) is 0 Å². The van der Waals surface area contributed by atoms with Crippen molar-refractivity contribution in [2.24, 2.45) is 0 Å². The number of halogens is 1. The number of aryl methyl sites for hydroxylation is 1. The van der Waals surface area contributed by atoms with Crippen LogP contribution in [0.25, 0.3) is 0 Å². The van der Waals surface area contributed by atoms with Crippen molar-refractivity contribution < 1.29 is 22.7 Å². The first-order valence-corrected chi connectivity index (χ1v) is 7.38. The molecule has 0 atom stereocenters. The Kier molecular flexibility index (Phi) is 3.95. The van der Waals surface area contributed by atoms with E-state index in [0.717, 1.165) is 18.2 Å². The van der Waals surface area contributed by atoms with Gasteiger partial charge < -0.3 is 9.90 Å². The quantitative estimate of drug-likeness (QED) is 0.922. The molecule has 0 aliphatic rings. The number of sulfonamides is 1. The number of aromatic carboxylic acids is 1. The molecule has 2 aromatic rings. The molecule has 0 spiro atoms. The molecule has 110 valence electrons. The van der Waals surface area contributed by atoms with Gasteiger partial charge in [-0.2, -0.15) is 0 Å². The van der Waals surface area contributed by atoms with Gasteiger partial charge in [-0.1, -0.05) is 12.1 Å². The number of carbonyl (C=O) groups excluding carboxylic acids is 1. The normalized spacial score (nSPS) is 11.1. The molecule has 0 fully saturated rings. The van der Waals surface area contributed by atoms with Crippen molar-refractivity contribution in [1.29, 1.82) is 0 Å². The summed E-state index contributed by atoms with van der Waals surface area (Å²) in [5.41, 5.74) is 0.130. The summed E-state index contributed by atoms with van der Waals surface area (Å²) in [6.45, 7) is 1.45. The first-order chi connectivity index (χ1) is 9.79. The van der Waals surface area contributed by atoms with E-state index in [1.165, 1.54) is 31.2 Å². The van der Waals surface area contributed by atoms with E-state index in [4.69, 9.17) is 0 Å². The van der Waals surface area contributed by atoms with Crippen molar-refractivity contribution in [2.45, 2.75) is 11.8 Å². The highest BCUT2D eigenvalue weighted by Crippen LogP contribution is 2.19. The Morgan fingerprint density at radius 3 is 2.52 bits per heavy atom. The van der Waals surface area contributed by atoms with Crippen LogP contribution in [0.15, 0.2) is 47.4 Å². The highest BCUT2D eigenvalue weighted by Gasteiger charge is 2.15. The van der Waals surface area contributed by atoms with E-state index in [1.807, 2.05) is 0 Å². The molecule has 0 aliphatic carbocycles. The van der Waals surface area contributed by atoms with E-state index in [0.29, 0.717) is 0 Å². The molecule has 21 heavy (non-hydrogen) atoms. The largest absolute Gasteiger partial charge is 0.545 e. The van der Waals surface area contributed by atoms with Crippen molar-refractivity contribution in [2.75, 3.05) is 4.72 Å². The van der Waals surface area contributed by atoms with Crippen LogP contribution in [0.2, 0.25) is 0 Å². The number of hydrogen-bond donors (Lipinski definition) is 1. The zero-order chi connectivity index (χ0) is 15.6. The lowest BCUT2D eigenvalue weighted by Crippen LogP contribution is -2.22. The average molecular weight is 308 g/mol. The molecular weight excluding hydrogens is 297 g/mol. The molecule has 2 rings (SSSR count). The van der Waals surface area contributed by atoms with E-state index in [1.54, 1.807) is 0 Å². The SMILES string of the molecule is Cc1cc(S(=O)(=O)Nc2cccc(C(=O)[O-])c2)ccc1F. The van der Waals surface area contributed by atoms with Crippen molar-refractivity contribution in [3.8, 4) is 0 Å². The molecule has 0 amide bonds. The van der Waals surface area contributed by atoms with Crippen LogP contribution >= 0.6 is 0 Å². The Balaban J connectivity index is 2.35. The highest BCUT2D eigenvalue weighted by atomic mass is 32.2. The maximum absolute atomic E-state index is 13.2. The van der Waals surface area contributed by atoms with Crippen molar-refractivity contribution in [3.05, 3.63) is 59.4 Å². The van der Waals surface area contributed by atoms with Gasteiger partial charge >= 0.3 is 0 Å². The molecule has 0 saturated carbocycles. The lowest BCUT2D eigenvalue weighted by molar-refractivity contribution is -0.255. The van der Waals surface area contributed by atoms with Crippen molar-refractivity contribution >= 4 is 21.7 Å². The predicted molar refractivity (Wildman–Crippen MR) is 72.7 cm³/mol. The first-order valence-electron chi connectivity index (χ1n) is 5.90. The maximum atomic E-state index is 13.2. The Bertz CT molecular complexity index is 802. The van der Waals surface area contributed by atoms with E-state index in [-0.39, 0.29) is 21.7 Å². The molecular formula is C14H11FNO4S-. The first kappa shape index (κ1) is 15.0. The zero-order valence-corrected chi connectivity index (χ0v) is 11.8. The fourth-order valence-electron chi connectivity index (χ4n) is 1.71. The molecule has 0 saturated heterocycles. The summed E-state index contributed by atoms with van der Waals surface area (Å²) in [6, 6.07) is 8.60. The number of carboxylic acids is 1. The third-order valence-corrected chi connectivity index (χ3v) is 4.17. The van der Waals surface area contributed by atoms with Gasteiger partial charge in [0.1, 0.15) is 5.82 Å². The minimum atomic E-state index is -3.93. The number of anilines is 1. The number of benzene rings is 2. The monoisotopic (exact) mass is 308 g/mol. The van der Waals surface area contributed by atoms with E-state index >= 15 is 0 Å². The summed E-state index contributed by atoms with van der Waals surface area (Å²) < 4.78 is 39.7. The van der Waals surface area contributed by atoms with E-state index in [9.17, 15) is 22.7 Å². The van der Waals surface area contributed by atoms with Crippen LogP contribution in [0.5, 0.6) is 0 Å².